The Hall–Kier alpha value is -2.16. The molecule has 3 unspecified atom stereocenters. The number of aliphatic hydroxyl groups is 2. The molecule has 2 aliphatic rings. The molecule has 3 atom stereocenters. The number of hydrogen-bond donors (Lipinski definition) is 3. The van der Waals surface area contributed by atoms with Gasteiger partial charge in [0.15, 0.2) is 0 Å². The molecule has 4 rings (SSSR count). The normalized spacial score (nSPS) is 21.2. The van der Waals surface area contributed by atoms with Crippen LogP contribution in [0.1, 0.15) is 49.8 Å². The van der Waals surface area contributed by atoms with E-state index < -0.39 is 6.10 Å². The fourth-order valence-electron chi connectivity index (χ4n) is 5.07. The maximum absolute atomic E-state index is 10.8. The number of piperidine rings is 1. The quantitative estimate of drug-likeness (QED) is 0.417. The lowest BCUT2D eigenvalue weighted by Crippen LogP contribution is -2.49. The lowest BCUT2D eigenvalue weighted by molar-refractivity contribution is -0.0328. The highest BCUT2D eigenvalue weighted by molar-refractivity contribution is 5.61. The van der Waals surface area contributed by atoms with E-state index in [9.17, 15) is 5.11 Å². The van der Waals surface area contributed by atoms with Gasteiger partial charge in [-0.15, -0.1) is 0 Å². The van der Waals surface area contributed by atoms with E-state index in [0.717, 1.165) is 61.6 Å². The molecule has 2 aromatic carbocycles. The van der Waals surface area contributed by atoms with Crippen molar-refractivity contribution in [1.82, 2.24) is 5.32 Å². The SMILES string of the molecule is CCO.COCCCN1CCOc2ccc(COC3CNCC(O)C3c3ccc(CC(C)C)cc3)cc21. The van der Waals surface area contributed by atoms with Gasteiger partial charge in [-0.1, -0.05) is 44.2 Å². The molecule has 206 valence electrons. The highest BCUT2D eigenvalue weighted by Gasteiger charge is 2.34. The summed E-state index contributed by atoms with van der Waals surface area (Å²) in [6, 6.07) is 15.0. The average Bonchev–Trinajstić information content (AvgIpc) is 2.88. The Balaban J connectivity index is 0.00000121. The second-order valence-corrected chi connectivity index (χ2v) is 10.2. The molecule has 0 bridgehead atoms. The number of fused-ring (bicyclic) bond motifs is 1. The van der Waals surface area contributed by atoms with Crippen molar-refractivity contribution in [2.45, 2.75) is 58.3 Å². The Morgan fingerprint density at radius 2 is 1.84 bits per heavy atom. The van der Waals surface area contributed by atoms with Crippen LogP contribution < -0.4 is 15.0 Å². The number of methoxy groups -OCH3 is 1. The van der Waals surface area contributed by atoms with E-state index in [4.69, 9.17) is 19.3 Å². The van der Waals surface area contributed by atoms with Gasteiger partial charge in [0.25, 0.3) is 0 Å². The van der Waals surface area contributed by atoms with Crippen molar-refractivity contribution in [3.05, 3.63) is 59.2 Å². The second kappa shape index (κ2) is 15.3. The van der Waals surface area contributed by atoms with Gasteiger partial charge >= 0.3 is 0 Å². The van der Waals surface area contributed by atoms with E-state index in [-0.39, 0.29) is 18.6 Å². The summed E-state index contributed by atoms with van der Waals surface area (Å²) in [5, 5.41) is 21.7. The monoisotopic (exact) mass is 514 g/mol. The van der Waals surface area contributed by atoms with Crippen molar-refractivity contribution in [2.75, 3.05) is 58.0 Å². The number of aliphatic hydroxyl groups excluding tert-OH is 2. The number of nitrogens with one attached hydrogen (secondary N) is 1. The van der Waals surface area contributed by atoms with Gasteiger partial charge in [0.1, 0.15) is 12.4 Å². The lowest BCUT2D eigenvalue weighted by Gasteiger charge is -2.36. The van der Waals surface area contributed by atoms with Crippen LogP contribution in [0.4, 0.5) is 5.69 Å². The van der Waals surface area contributed by atoms with Crippen LogP contribution in [-0.4, -0.2) is 75.5 Å². The third-order valence-electron chi connectivity index (χ3n) is 6.75. The lowest BCUT2D eigenvalue weighted by atomic mass is 9.84. The molecule has 0 amide bonds. The molecule has 0 spiro atoms. The number of hydrogen-bond acceptors (Lipinski definition) is 7. The van der Waals surface area contributed by atoms with Crippen molar-refractivity contribution in [2.24, 2.45) is 5.92 Å². The van der Waals surface area contributed by atoms with Gasteiger partial charge in [0, 0.05) is 45.9 Å². The van der Waals surface area contributed by atoms with Gasteiger partial charge in [-0.25, -0.2) is 0 Å². The zero-order chi connectivity index (χ0) is 26.6. The van der Waals surface area contributed by atoms with Crippen LogP contribution in [0.5, 0.6) is 5.75 Å². The summed E-state index contributed by atoms with van der Waals surface area (Å²) >= 11 is 0. The molecule has 2 aromatic rings. The second-order valence-electron chi connectivity index (χ2n) is 10.2. The van der Waals surface area contributed by atoms with Gasteiger partial charge in [-0.3, -0.25) is 0 Å². The predicted octanol–water partition coefficient (Wildman–Crippen LogP) is 3.75. The van der Waals surface area contributed by atoms with Crippen LogP contribution in [0.15, 0.2) is 42.5 Å². The van der Waals surface area contributed by atoms with Crippen LogP contribution in [0.3, 0.4) is 0 Å². The van der Waals surface area contributed by atoms with Gasteiger partial charge in [0.2, 0.25) is 0 Å². The number of anilines is 1. The molecule has 0 radical (unpaired) electrons. The number of nitrogens with zero attached hydrogens (tertiary/aromatic N) is 1. The zero-order valence-corrected chi connectivity index (χ0v) is 23.0. The molecule has 0 aliphatic carbocycles. The highest BCUT2D eigenvalue weighted by atomic mass is 16.5. The molecule has 0 aromatic heterocycles. The summed E-state index contributed by atoms with van der Waals surface area (Å²) in [6.45, 7) is 11.5. The van der Waals surface area contributed by atoms with Crippen LogP contribution in [0, 0.1) is 5.92 Å². The van der Waals surface area contributed by atoms with E-state index in [1.165, 1.54) is 5.56 Å². The minimum atomic E-state index is -0.470. The van der Waals surface area contributed by atoms with Crippen molar-refractivity contribution < 1.29 is 24.4 Å². The molecular weight excluding hydrogens is 468 g/mol. The molecule has 1 fully saturated rings. The van der Waals surface area contributed by atoms with E-state index >= 15 is 0 Å². The van der Waals surface area contributed by atoms with Crippen molar-refractivity contribution in [3.63, 3.8) is 0 Å². The topological polar surface area (TPSA) is 83.4 Å². The summed E-state index contributed by atoms with van der Waals surface area (Å²) in [7, 11) is 1.74. The smallest absolute Gasteiger partial charge is 0.142 e. The number of benzene rings is 2. The molecule has 2 heterocycles. The zero-order valence-electron chi connectivity index (χ0n) is 23.0. The summed E-state index contributed by atoms with van der Waals surface area (Å²) in [4.78, 5) is 2.37. The fraction of sp³-hybridized carbons (Fsp3) is 0.600. The Labute approximate surface area is 222 Å². The highest BCUT2D eigenvalue weighted by Crippen LogP contribution is 2.34. The molecule has 7 heteroatoms. The summed E-state index contributed by atoms with van der Waals surface area (Å²) in [5.41, 5.74) is 4.73. The number of rotatable bonds is 10. The molecular formula is C30H46N2O5. The van der Waals surface area contributed by atoms with E-state index in [0.29, 0.717) is 25.7 Å². The van der Waals surface area contributed by atoms with Gasteiger partial charge in [-0.2, -0.15) is 0 Å². The van der Waals surface area contributed by atoms with Crippen molar-refractivity contribution >= 4 is 5.69 Å². The Bertz CT molecular complexity index is 921. The largest absolute Gasteiger partial charge is 0.490 e. The Morgan fingerprint density at radius 1 is 1.11 bits per heavy atom. The standard InChI is InChI=1S/C28H40N2O4.C2H6O/c1-20(2)15-21-5-8-23(9-6-21)28-25(31)17-29-18-27(28)34-19-22-7-10-26-24(16-22)30(12-14-33-26)11-4-13-32-3;1-2-3/h5-10,16,20,25,27-29,31H,4,11-15,17-19H2,1-3H3;3H,2H2,1H3. The summed E-state index contributed by atoms with van der Waals surface area (Å²) in [5.74, 6) is 1.52. The molecule has 7 nitrogen and oxygen atoms in total. The summed E-state index contributed by atoms with van der Waals surface area (Å²) in [6.07, 6.45) is 1.49. The predicted molar refractivity (Wildman–Crippen MR) is 149 cm³/mol. The van der Waals surface area contributed by atoms with Crippen LogP contribution in [0.25, 0.3) is 0 Å². The molecule has 37 heavy (non-hydrogen) atoms. The van der Waals surface area contributed by atoms with E-state index in [1.807, 2.05) is 0 Å². The first-order valence-electron chi connectivity index (χ1n) is 13.7. The Kier molecular flexibility index (Phi) is 12.2. The maximum atomic E-state index is 10.8. The van der Waals surface area contributed by atoms with E-state index in [2.05, 4.69) is 66.5 Å². The van der Waals surface area contributed by atoms with Crippen molar-refractivity contribution in [1.29, 1.82) is 0 Å². The molecule has 2 aliphatic heterocycles. The van der Waals surface area contributed by atoms with E-state index in [1.54, 1.807) is 14.0 Å². The molecule has 3 N–H and O–H groups in total. The van der Waals surface area contributed by atoms with Gasteiger partial charge < -0.3 is 34.6 Å². The van der Waals surface area contributed by atoms with Gasteiger partial charge in [0.05, 0.1) is 31.0 Å². The molecule has 0 saturated carbocycles. The summed E-state index contributed by atoms with van der Waals surface area (Å²) < 4.78 is 17.5. The average molecular weight is 515 g/mol. The van der Waals surface area contributed by atoms with Crippen LogP contribution >= 0.6 is 0 Å². The minimum Gasteiger partial charge on any atom is -0.490 e. The number of ether oxygens (including phenoxy) is 3. The first-order valence-corrected chi connectivity index (χ1v) is 13.7. The van der Waals surface area contributed by atoms with Crippen molar-refractivity contribution in [3.8, 4) is 5.75 Å². The van der Waals surface area contributed by atoms with Gasteiger partial charge in [-0.05, 0) is 54.5 Å². The minimum absolute atomic E-state index is 0.0409. The number of β-amino-alcohol motifs (C(OH)–C–C–N with tert-alkyl or cyclic N) is 1. The maximum Gasteiger partial charge on any atom is 0.142 e. The third kappa shape index (κ3) is 8.69. The third-order valence-corrected chi connectivity index (χ3v) is 6.75. The first kappa shape index (κ1) is 29.4. The Morgan fingerprint density at radius 3 is 2.54 bits per heavy atom. The first-order chi connectivity index (χ1) is 18.0. The molecule has 1 saturated heterocycles. The van der Waals surface area contributed by atoms with Crippen LogP contribution in [-0.2, 0) is 22.5 Å². The van der Waals surface area contributed by atoms with Crippen LogP contribution in [0.2, 0.25) is 0 Å². The fourth-order valence-corrected chi connectivity index (χ4v) is 5.07.